The fourth-order valence-corrected chi connectivity index (χ4v) is 2.20. The molecule has 0 N–H and O–H groups in total. The number of ether oxygens (including phenoxy) is 3. The quantitative estimate of drug-likeness (QED) is 0.338. The van der Waals surface area contributed by atoms with Crippen LogP contribution in [-0.4, -0.2) is 37.0 Å². The van der Waals surface area contributed by atoms with E-state index in [0.717, 1.165) is 0 Å². The van der Waals surface area contributed by atoms with Crippen molar-refractivity contribution in [3.63, 3.8) is 0 Å². The highest BCUT2D eigenvalue weighted by Gasteiger charge is 2.44. The summed E-state index contributed by atoms with van der Waals surface area (Å²) in [6.45, 7) is 6.45. The molecule has 20 heavy (non-hydrogen) atoms. The van der Waals surface area contributed by atoms with Gasteiger partial charge >= 0.3 is 11.9 Å². The van der Waals surface area contributed by atoms with Crippen molar-refractivity contribution in [3.8, 4) is 0 Å². The number of nitrogens with zero attached hydrogens (tertiary/aromatic N) is 3. The second kappa shape index (κ2) is 7.12. The van der Waals surface area contributed by atoms with Crippen LogP contribution < -0.4 is 0 Å². The van der Waals surface area contributed by atoms with E-state index in [2.05, 4.69) is 10.0 Å². The molecule has 1 heterocycles. The number of hydrogen-bond acceptors (Lipinski definition) is 6. The number of rotatable bonds is 4. The molecule has 1 saturated heterocycles. The average molecular weight is 285 g/mol. The lowest BCUT2D eigenvalue weighted by atomic mass is 9.83. The van der Waals surface area contributed by atoms with Crippen molar-refractivity contribution >= 4 is 11.9 Å². The van der Waals surface area contributed by atoms with Gasteiger partial charge in [0.15, 0.2) is 6.10 Å². The molecule has 0 saturated carbocycles. The normalized spacial score (nSPS) is 32.9. The van der Waals surface area contributed by atoms with Gasteiger partial charge in [0.2, 0.25) is 6.29 Å². The molecule has 1 aliphatic rings. The van der Waals surface area contributed by atoms with E-state index in [9.17, 15) is 9.59 Å². The maximum absolute atomic E-state index is 11.2. The largest absolute Gasteiger partial charge is 0.456 e. The van der Waals surface area contributed by atoms with Crippen molar-refractivity contribution in [2.45, 2.75) is 46.2 Å². The van der Waals surface area contributed by atoms with Crippen molar-refractivity contribution in [1.82, 2.24) is 0 Å². The van der Waals surface area contributed by atoms with Gasteiger partial charge in [-0.1, -0.05) is 19.0 Å². The van der Waals surface area contributed by atoms with Crippen LogP contribution in [0.5, 0.6) is 0 Å². The van der Waals surface area contributed by atoms with E-state index < -0.39 is 30.4 Å². The Balaban J connectivity index is 2.90. The van der Waals surface area contributed by atoms with Crippen LogP contribution in [0.4, 0.5) is 0 Å². The Morgan fingerprint density at radius 3 is 2.30 bits per heavy atom. The topological polar surface area (TPSA) is 111 Å². The summed E-state index contributed by atoms with van der Waals surface area (Å²) in [6.07, 6.45) is -2.05. The Morgan fingerprint density at radius 2 is 1.80 bits per heavy atom. The van der Waals surface area contributed by atoms with Gasteiger partial charge in [0.05, 0.1) is 12.6 Å². The predicted octanol–water partition coefficient (Wildman–Crippen LogP) is 1.79. The molecule has 0 radical (unpaired) electrons. The van der Waals surface area contributed by atoms with Crippen molar-refractivity contribution < 1.29 is 23.8 Å². The molecule has 0 aliphatic carbocycles. The second-order valence-corrected chi connectivity index (χ2v) is 4.86. The Morgan fingerprint density at radius 1 is 1.20 bits per heavy atom. The van der Waals surface area contributed by atoms with Crippen molar-refractivity contribution in [2.24, 2.45) is 17.0 Å². The fraction of sp³-hybridized carbons (Fsp3) is 0.833. The molecule has 5 atom stereocenters. The highest BCUT2D eigenvalue weighted by Crippen LogP contribution is 2.33. The minimum absolute atomic E-state index is 0.0170. The molecule has 1 aliphatic heterocycles. The highest BCUT2D eigenvalue weighted by molar-refractivity contribution is 5.67. The van der Waals surface area contributed by atoms with Gasteiger partial charge in [0.1, 0.15) is 0 Å². The summed E-state index contributed by atoms with van der Waals surface area (Å²) in [6, 6.07) is 0. The first-order valence-corrected chi connectivity index (χ1v) is 6.37. The Labute approximate surface area is 117 Å². The number of carbonyl (C=O) groups excluding carboxylic acids is 2. The first-order chi connectivity index (χ1) is 9.36. The Hall–Kier alpha value is -1.79. The lowest BCUT2D eigenvalue weighted by Gasteiger charge is -2.42. The summed E-state index contributed by atoms with van der Waals surface area (Å²) in [7, 11) is 0. The fourth-order valence-electron chi connectivity index (χ4n) is 2.20. The van der Waals surface area contributed by atoms with Crippen molar-refractivity contribution in [1.29, 1.82) is 0 Å². The number of hydrogen-bond donors (Lipinski definition) is 0. The third-order valence-corrected chi connectivity index (χ3v) is 3.42. The van der Waals surface area contributed by atoms with Gasteiger partial charge in [-0.3, -0.25) is 9.59 Å². The number of esters is 2. The molecule has 0 aromatic heterocycles. The smallest absolute Gasteiger partial charge is 0.305 e. The lowest BCUT2D eigenvalue weighted by molar-refractivity contribution is -0.264. The molecule has 2 unspecified atom stereocenters. The zero-order valence-electron chi connectivity index (χ0n) is 12.0. The van der Waals surface area contributed by atoms with Crippen LogP contribution in [0.15, 0.2) is 5.11 Å². The average Bonchev–Trinajstić information content (AvgIpc) is 2.35. The maximum Gasteiger partial charge on any atom is 0.305 e. The van der Waals surface area contributed by atoms with Crippen LogP contribution >= 0.6 is 0 Å². The third kappa shape index (κ3) is 4.11. The molecule has 8 heteroatoms. The maximum atomic E-state index is 11.2. The van der Waals surface area contributed by atoms with E-state index >= 15 is 0 Å². The molecule has 8 nitrogen and oxygen atoms in total. The molecule has 0 bridgehead atoms. The summed E-state index contributed by atoms with van der Waals surface area (Å²) in [5.41, 5.74) is 8.38. The molecule has 1 rings (SSSR count). The van der Waals surface area contributed by atoms with Crippen molar-refractivity contribution in [2.75, 3.05) is 6.54 Å². The van der Waals surface area contributed by atoms with Gasteiger partial charge in [-0.05, 0) is 11.4 Å². The molecule has 0 aromatic rings. The van der Waals surface area contributed by atoms with E-state index in [4.69, 9.17) is 19.7 Å². The van der Waals surface area contributed by atoms with Gasteiger partial charge in [-0.25, -0.2) is 0 Å². The van der Waals surface area contributed by atoms with Crippen LogP contribution in [0.1, 0.15) is 27.7 Å². The Bertz CT molecular complexity index is 421. The van der Waals surface area contributed by atoms with E-state index in [0.29, 0.717) is 0 Å². The minimum Gasteiger partial charge on any atom is -0.456 e. The summed E-state index contributed by atoms with van der Waals surface area (Å²) in [5, 5.41) is 3.49. The van der Waals surface area contributed by atoms with E-state index in [1.54, 1.807) is 0 Å². The molecule has 0 aromatic carbocycles. The molecular formula is C12H19N3O5. The summed E-state index contributed by atoms with van der Waals surface area (Å²) in [4.78, 5) is 25.0. The highest BCUT2D eigenvalue weighted by atomic mass is 16.7. The van der Waals surface area contributed by atoms with Gasteiger partial charge < -0.3 is 14.2 Å². The minimum atomic E-state index is -0.985. The first-order valence-electron chi connectivity index (χ1n) is 6.37. The first kappa shape index (κ1) is 16.3. The second-order valence-electron chi connectivity index (χ2n) is 4.86. The molecule has 112 valence electrons. The van der Waals surface area contributed by atoms with Crippen LogP contribution in [0.25, 0.3) is 10.4 Å². The van der Waals surface area contributed by atoms with Gasteiger partial charge in [-0.15, -0.1) is 0 Å². The third-order valence-electron chi connectivity index (χ3n) is 3.42. The van der Waals surface area contributed by atoms with Crippen LogP contribution in [0, 0.1) is 11.8 Å². The monoisotopic (exact) mass is 285 g/mol. The van der Waals surface area contributed by atoms with Crippen molar-refractivity contribution in [3.05, 3.63) is 10.4 Å². The molecule has 0 amide bonds. The summed E-state index contributed by atoms with van der Waals surface area (Å²) >= 11 is 0. The zero-order valence-corrected chi connectivity index (χ0v) is 12.0. The zero-order chi connectivity index (χ0) is 15.3. The molecule has 0 spiro atoms. The van der Waals surface area contributed by atoms with Gasteiger partial charge in [-0.2, -0.15) is 0 Å². The van der Waals surface area contributed by atoms with Gasteiger partial charge in [0.25, 0.3) is 0 Å². The summed E-state index contributed by atoms with van der Waals surface area (Å²) < 4.78 is 15.9. The lowest BCUT2D eigenvalue weighted by Crippen LogP contribution is -2.53. The predicted molar refractivity (Wildman–Crippen MR) is 68.3 cm³/mol. The van der Waals surface area contributed by atoms with Gasteiger partial charge in [0, 0.05) is 24.7 Å². The van der Waals surface area contributed by atoms with Crippen LogP contribution in [0.3, 0.4) is 0 Å². The SMILES string of the molecule is CC(=O)OC1[C@@H](OC(C)=O)OC(CN=[N+]=[N-])[C@@H](C)[C@@H]1C. The molecular weight excluding hydrogens is 266 g/mol. The standard InChI is InChI=1S/C12H19N3O5/c1-6-7(2)11(18-8(3)16)12(19-9(4)17)20-10(6)5-14-15-13/h6-7,10-12H,5H2,1-4H3/t6-,7-,10?,11?,12-/m0/s1. The number of carbonyl (C=O) groups is 2. The van der Waals surface area contributed by atoms with E-state index in [1.165, 1.54) is 13.8 Å². The van der Waals surface area contributed by atoms with Crippen LogP contribution in [0.2, 0.25) is 0 Å². The van der Waals surface area contributed by atoms with E-state index in [1.807, 2.05) is 13.8 Å². The Kier molecular flexibility index (Phi) is 5.79. The van der Waals surface area contributed by atoms with E-state index in [-0.39, 0.29) is 18.4 Å². The number of azide groups is 1. The van der Waals surface area contributed by atoms with Crippen LogP contribution in [-0.2, 0) is 23.8 Å². The molecule has 1 fully saturated rings. The summed E-state index contributed by atoms with van der Waals surface area (Å²) in [5.74, 6) is -1.12.